The number of rotatable bonds is 12. The van der Waals surface area contributed by atoms with Crippen LogP contribution in [0.1, 0.15) is 37.6 Å². The van der Waals surface area contributed by atoms with E-state index in [9.17, 15) is 9.50 Å². The molecule has 36 heavy (non-hydrogen) atoms. The number of methoxy groups -OCH3 is 1. The van der Waals surface area contributed by atoms with Gasteiger partial charge in [-0.05, 0) is 61.2 Å². The van der Waals surface area contributed by atoms with Crippen LogP contribution in [0, 0.1) is 5.82 Å². The van der Waals surface area contributed by atoms with Crippen molar-refractivity contribution in [2.24, 2.45) is 0 Å². The van der Waals surface area contributed by atoms with Crippen molar-refractivity contribution in [3.8, 4) is 17.2 Å². The van der Waals surface area contributed by atoms with Crippen LogP contribution in [0.15, 0.2) is 54.9 Å². The van der Waals surface area contributed by atoms with Gasteiger partial charge in [-0.3, -0.25) is 4.90 Å². The number of nitrogens with zero attached hydrogens (tertiary/aromatic N) is 3. The topological polar surface area (TPSA) is 69.0 Å². The van der Waals surface area contributed by atoms with Gasteiger partial charge in [0.2, 0.25) is 0 Å². The van der Waals surface area contributed by atoms with Gasteiger partial charge in [0.05, 0.1) is 13.7 Å². The summed E-state index contributed by atoms with van der Waals surface area (Å²) in [6, 6.07) is 11.9. The highest BCUT2D eigenvalue weighted by Crippen LogP contribution is 2.30. The molecule has 194 valence electrons. The molecule has 3 aromatic rings. The van der Waals surface area contributed by atoms with Crippen molar-refractivity contribution in [1.29, 1.82) is 0 Å². The van der Waals surface area contributed by atoms with Crippen molar-refractivity contribution >= 4 is 0 Å². The molecule has 1 aliphatic heterocycles. The van der Waals surface area contributed by atoms with Gasteiger partial charge in [0.15, 0.2) is 11.5 Å². The minimum atomic E-state index is -0.883. The number of ether oxygens (including phenoxy) is 3. The van der Waals surface area contributed by atoms with Gasteiger partial charge >= 0.3 is 0 Å². The molecule has 1 N–H and O–H groups in total. The lowest BCUT2D eigenvalue weighted by Crippen LogP contribution is -2.47. The summed E-state index contributed by atoms with van der Waals surface area (Å²) in [7, 11) is 1.65. The number of aliphatic hydroxyl groups is 1. The Bertz CT molecular complexity index is 1090. The lowest BCUT2D eigenvalue weighted by Gasteiger charge is -2.38. The fraction of sp³-hybridized carbons (Fsp3) is 0.464. The van der Waals surface area contributed by atoms with E-state index in [1.54, 1.807) is 19.2 Å². The maximum absolute atomic E-state index is 13.1. The molecule has 0 aliphatic carbocycles. The van der Waals surface area contributed by atoms with E-state index >= 15 is 0 Å². The Balaban J connectivity index is 1.25. The normalized spacial score (nSPS) is 15.6. The summed E-state index contributed by atoms with van der Waals surface area (Å²) in [6.07, 6.45) is 6.87. The van der Waals surface area contributed by atoms with Crippen LogP contribution < -0.4 is 14.2 Å². The summed E-state index contributed by atoms with van der Waals surface area (Å²) < 4.78 is 32.5. The van der Waals surface area contributed by atoms with Crippen molar-refractivity contribution in [1.82, 2.24) is 14.5 Å². The van der Waals surface area contributed by atoms with Gasteiger partial charge in [0.25, 0.3) is 0 Å². The lowest BCUT2D eigenvalue weighted by molar-refractivity contribution is -0.0537. The number of benzene rings is 2. The average Bonchev–Trinajstić information content (AvgIpc) is 3.36. The third-order valence-electron chi connectivity index (χ3n) is 6.66. The molecule has 0 radical (unpaired) electrons. The highest BCUT2D eigenvalue weighted by atomic mass is 19.1. The van der Waals surface area contributed by atoms with E-state index in [1.165, 1.54) is 12.1 Å². The Morgan fingerprint density at radius 2 is 1.83 bits per heavy atom. The molecule has 7 nitrogen and oxygen atoms in total. The van der Waals surface area contributed by atoms with Crippen molar-refractivity contribution in [3.05, 3.63) is 72.1 Å². The minimum absolute atomic E-state index is 0.200. The average molecular weight is 498 g/mol. The summed E-state index contributed by atoms with van der Waals surface area (Å²) in [4.78, 5) is 6.69. The van der Waals surface area contributed by atoms with Crippen molar-refractivity contribution in [3.63, 3.8) is 0 Å². The van der Waals surface area contributed by atoms with Crippen LogP contribution in [0.2, 0.25) is 0 Å². The summed E-state index contributed by atoms with van der Waals surface area (Å²) in [6.45, 7) is 6.05. The monoisotopic (exact) mass is 497 g/mol. The molecule has 8 heteroatoms. The van der Waals surface area contributed by atoms with Gasteiger partial charge < -0.3 is 23.9 Å². The first-order valence-corrected chi connectivity index (χ1v) is 12.6. The molecule has 2 heterocycles. The summed E-state index contributed by atoms with van der Waals surface area (Å²) in [5.74, 6) is 2.82. The van der Waals surface area contributed by atoms with Gasteiger partial charge in [-0.2, -0.15) is 0 Å². The molecule has 4 rings (SSSR count). The fourth-order valence-corrected chi connectivity index (χ4v) is 4.49. The molecule has 0 spiro atoms. The maximum Gasteiger partial charge on any atom is 0.161 e. The zero-order valence-electron chi connectivity index (χ0n) is 21.2. The van der Waals surface area contributed by atoms with Crippen LogP contribution in [0.3, 0.4) is 0 Å². The van der Waals surface area contributed by atoms with Gasteiger partial charge in [-0.1, -0.05) is 13.0 Å². The molecule has 0 saturated carbocycles. The molecular weight excluding hydrogens is 461 g/mol. The minimum Gasteiger partial charge on any atom is -0.493 e. The zero-order chi connectivity index (χ0) is 25.4. The second kappa shape index (κ2) is 12.2. The Kier molecular flexibility index (Phi) is 8.83. The van der Waals surface area contributed by atoms with Crippen molar-refractivity contribution < 1.29 is 23.7 Å². The van der Waals surface area contributed by atoms with Gasteiger partial charge in [0.1, 0.15) is 29.6 Å². The molecule has 2 aromatic carbocycles. The third kappa shape index (κ3) is 6.98. The molecule has 0 amide bonds. The number of imidazole rings is 1. The van der Waals surface area contributed by atoms with E-state index in [-0.39, 0.29) is 12.4 Å². The number of likely N-dealkylation sites (tertiary alicyclic amines) is 1. The van der Waals surface area contributed by atoms with E-state index in [2.05, 4.69) is 27.4 Å². The smallest absolute Gasteiger partial charge is 0.161 e. The van der Waals surface area contributed by atoms with Crippen LogP contribution in [0.25, 0.3) is 0 Å². The molecule has 1 saturated heterocycles. The van der Waals surface area contributed by atoms with Gasteiger partial charge in [-0.15, -0.1) is 0 Å². The molecular formula is C28H36FN3O4. The summed E-state index contributed by atoms with van der Waals surface area (Å²) in [5.41, 5.74) is 0.257. The second-order valence-electron chi connectivity index (χ2n) is 9.32. The lowest BCUT2D eigenvalue weighted by atomic mass is 9.92. The molecule has 0 unspecified atom stereocenters. The second-order valence-corrected chi connectivity index (χ2v) is 9.32. The SMILES string of the molecule is CCc1nccn1CCCOc1cc(CN2CCC(O)(COc3ccc(F)cc3)CC2)ccc1OC. The van der Waals surface area contributed by atoms with E-state index in [0.29, 0.717) is 25.2 Å². The first-order chi connectivity index (χ1) is 17.5. The molecule has 1 aromatic heterocycles. The van der Waals surface area contributed by atoms with Crippen LogP contribution in [-0.4, -0.2) is 58.6 Å². The van der Waals surface area contributed by atoms with Crippen molar-refractivity contribution in [2.75, 3.05) is 33.4 Å². The molecule has 0 atom stereocenters. The predicted molar refractivity (Wildman–Crippen MR) is 136 cm³/mol. The highest BCUT2D eigenvalue weighted by molar-refractivity contribution is 5.43. The van der Waals surface area contributed by atoms with Crippen LogP contribution >= 0.6 is 0 Å². The number of aromatic nitrogens is 2. The van der Waals surface area contributed by atoms with E-state index in [4.69, 9.17) is 14.2 Å². The van der Waals surface area contributed by atoms with E-state index in [1.807, 2.05) is 24.5 Å². The third-order valence-corrected chi connectivity index (χ3v) is 6.66. The highest BCUT2D eigenvalue weighted by Gasteiger charge is 2.33. The summed E-state index contributed by atoms with van der Waals surface area (Å²) in [5, 5.41) is 10.9. The summed E-state index contributed by atoms with van der Waals surface area (Å²) >= 11 is 0. The van der Waals surface area contributed by atoms with Crippen LogP contribution in [-0.2, 0) is 19.5 Å². The van der Waals surface area contributed by atoms with E-state index < -0.39 is 5.60 Å². The number of hydrogen-bond donors (Lipinski definition) is 1. The maximum atomic E-state index is 13.1. The van der Waals surface area contributed by atoms with E-state index in [0.717, 1.165) is 61.9 Å². The van der Waals surface area contributed by atoms with Gasteiger partial charge in [0, 0.05) is 45.0 Å². The Labute approximate surface area is 212 Å². The number of hydrogen-bond acceptors (Lipinski definition) is 6. The Morgan fingerprint density at radius 1 is 1.06 bits per heavy atom. The molecule has 1 aliphatic rings. The Hall–Kier alpha value is -3.10. The zero-order valence-corrected chi connectivity index (χ0v) is 21.2. The van der Waals surface area contributed by atoms with Crippen molar-refractivity contribution in [2.45, 2.75) is 51.3 Å². The number of aryl methyl sites for hydroxylation is 2. The fourth-order valence-electron chi connectivity index (χ4n) is 4.49. The first-order valence-electron chi connectivity index (χ1n) is 12.6. The number of piperidine rings is 1. The Morgan fingerprint density at radius 3 is 2.56 bits per heavy atom. The predicted octanol–water partition coefficient (Wildman–Crippen LogP) is 4.47. The quantitative estimate of drug-likeness (QED) is 0.373. The standard InChI is InChI=1S/C28H36FN3O4/c1-3-27-30-13-17-32(27)14-4-18-35-26-19-22(5-10-25(26)34-2)20-31-15-11-28(33,12-16-31)21-36-24-8-6-23(29)7-9-24/h5-10,13,17,19,33H,3-4,11-12,14-16,18,20-21H2,1-2H3. The largest absolute Gasteiger partial charge is 0.493 e. The molecule has 0 bridgehead atoms. The van der Waals surface area contributed by atoms with Crippen LogP contribution in [0.5, 0.6) is 17.2 Å². The first kappa shape index (κ1) is 26.0. The number of halogens is 1. The van der Waals surface area contributed by atoms with Gasteiger partial charge in [-0.25, -0.2) is 9.37 Å². The molecule has 1 fully saturated rings. The van der Waals surface area contributed by atoms with Crippen LogP contribution in [0.4, 0.5) is 4.39 Å².